The average Bonchev–Trinajstić information content (AvgIpc) is 2.59. The Bertz CT molecular complexity index is 782. The van der Waals surface area contributed by atoms with Crippen molar-refractivity contribution in [2.24, 2.45) is 5.92 Å². The Balaban J connectivity index is 1.74. The van der Waals surface area contributed by atoms with Crippen LogP contribution in [0.4, 0.5) is 0 Å². The predicted octanol–water partition coefficient (Wildman–Crippen LogP) is 1.50. The lowest BCUT2D eigenvalue weighted by Gasteiger charge is -2.38. The van der Waals surface area contributed by atoms with Crippen molar-refractivity contribution in [1.82, 2.24) is 10.3 Å². The molecule has 1 atom stereocenters. The molecule has 1 heterocycles. The molecule has 0 spiro atoms. The number of aromatic nitrogens is 1. The van der Waals surface area contributed by atoms with Crippen LogP contribution < -0.4 is 15.5 Å². The normalized spacial score (nSPS) is 20.4. The van der Waals surface area contributed by atoms with Gasteiger partial charge in [-0.3, -0.25) is 9.59 Å². The maximum atomic E-state index is 12.5. The molecule has 0 bridgehead atoms. The van der Waals surface area contributed by atoms with Crippen molar-refractivity contribution in [2.45, 2.75) is 31.4 Å². The number of hydrogen-bond donors (Lipinski definition) is 3. The van der Waals surface area contributed by atoms with E-state index in [4.69, 9.17) is 4.74 Å². The largest absolute Gasteiger partial charge is 0.491 e. The van der Waals surface area contributed by atoms with E-state index in [9.17, 15) is 14.7 Å². The quantitative estimate of drug-likeness (QED) is 0.742. The van der Waals surface area contributed by atoms with E-state index in [0.717, 1.165) is 5.56 Å². The number of aromatic amines is 1. The van der Waals surface area contributed by atoms with E-state index in [1.54, 1.807) is 0 Å². The molecular formula is C19H22N2O4. The first-order valence-electron chi connectivity index (χ1n) is 8.36. The second-order valence-corrected chi connectivity index (χ2v) is 6.43. The summed E-state index contributed by atoms with van der Waals surface area (Å²) in [6.07, 6.45) is 3.13. The monoisotopic (exact) mass is 342 g/mol. The number of rotatable bonds is 6. The molecule has 2 aromatic rings. The van der Waals surface area contributed by atoms with E-state index < -0.39 is 0 Å². The Kier molecular flexibility index (Phi) is 5.19. The van der Waals surface area contributed by atoms with Crippen LogP contribution in [0.1, 0.15) is 28.9 Å². The fourth-order valence-corrected chi connectivity index (χ4v) is 3.16. The molecule has 0 saturated heterocycles. The number of pyridine rings is 1. The lowest BCUT2D eigenvalue weighted by molar-refractivity contribution is 0.0239. The van der Waals surface area contributed by atoms with Crippen LogP contribution >= 0.6 is 0 Å². The second-order valence-electron chi connectivity index (χ2n) is 6.43. The molecule has 0 unspecified atom stereocenters. The predicted molar refractivity (Wildman–Crippen MR) is 93.7 cm³/mol. The summed E-state index contributed by atoms with van der Waals surface area (Å²) in [6.45, 7) is 0. The van der Waals surface area contributed by atoms with Gasteiger partial charge in [-0.05, 0) is 30.7 Å². The molecule has 25 heavy (non-hydrogen) atoms. The molecule has 132 valence electrons. The van der Waals surface area contributed by atoms with Crippen molar-refractivity contribution in [3.8, 4) is 5.75 Å². The number of carbonyl (C=O) groups excluding carboxylic acids is 1. The highest BCUT2D eigenvalue weighted by atomic mass is 16.5. The van der Waals surface area contributed by atoms with Gasteiger partial charge in [-0.25, -0.2) is 0 Å². The number of hydrogen-bond acceptors (Lipinski definition) is 4. The van der Waals surface area contributed by atoms with Crippen molar-refractivity contribution in [2.75, 3.05) is 7.11 Å². The number of methoxy groups -OCH3 is 1. The standard InChI is InChI=1S/C19H22N2O4/c1-25-18-11-20-16(10-17(18)23)19(24)21-15(13-8-14(22)9-13)7-12-5-3-2-4-6-12/h2-6,10-11,13-15,22H,7-9H2,1H3,(H,20,23)(H,21,24)/t13?,14?,15-/m0/s1. The van der Waals surface area contributed by atoms with Gasteiger partial charge in [0.2, 0.25) is 5.43 Å². The fourth-order valence-electron chi connectivity index (χ4n) is 3.16. The molecule has 1 aliphatic carbocycles. The van der Waals surface area contributed by atoms with Crippen molar-refractivity contribution >= 4 is 5.91 Å². The number of H-pyrrole nitrogens is 1. The molecule has 1 aromatic carbocycles. The number of aliphatic hydroxyl groups is 1. The highest BCUT2D eigenvalue weighted by Gasteiger charge is 2.35. The Labute approximate surface area is 145 Å². The van der Waals surface area contributed by atoms with E-state index in [-0.39, 0.29) is 40.8 Å². The van der Waals surface area contributed by atoms with Crippen LogP contribution in [-0.2, 0) is 6.42 Å². The highest BCUT2D eigenvalue weighted by molar-refractivity contribution is 5.92. The van der Waals surface area contributed by atoms with Crippen molar-refractivity contribution < 1.29 is 14.6 Å². The van der Waals surface area contributed by atoms with Crippen molar-refractivity contribution in [1.29, 1.82) is 0 Å². The van der Waals surface area contributed by atoms with Crippen molar-refractivity contribution in [3.63, 3.8) is 0 Å². The number of amides is 1. The average molecular weight is 342 g/mol. The minimum absolute atomic E-state index is 0.0936. The minimum Gasteiger partial charge on any atom is -0.491 e. The van der Waals surface area contributed by atoms with E-state index in [1.165, 1.54) is 19.4 Å². The maximum absolute atomic E-state index is 12.5. The van der Waals surface area contributed by atoms with Crippen molar-refractivity contribution in [3.05, 3.63) is 64.1 Å². The van der Waals surface area contributed by atoms with Gasteiger partial charge in [-0.2, -0.15) is 0 Å². The summed E-state index contributed by atoms with van der Waals surface area (Å²) in [4.78, 5) is 27.2. The molecule has 1 amide bonds. The van der Waals surface area contributed by atoms with Gasteiger partial charge in [-0.1, -0.05) is 30.3 Å². The van der Waals surface area contributed by atoms with Gasteiger partial charge < -0.3 is 20.1 Å². The molecule has 3 N–H and O–H groups in total. The SMILES string of the molecule is COc1c[nH]c(C(=O)N[C@@H](Cc2ccccc2)C2CC(O)C2)cc1=O. The minimum atomic E-state index is -0.343. The molecule has 1 saturated carbocycles. The van der Waals surface area contributed by atoms with Crippen LogP contribution in [-0.4, -0.2) is 35.3 Å². The van der Waals surface area contributed by atoms with Crippen LogP contribution in [0.15, 0.2) is 47.4 Å². The summed E-state index contributed by atoms with van der Waals surface area (Å²) in [6, 6.07) is 11.1. The van der Waals surface area contributed by atoms with E-state index >= 15 is 0 Å². The van der Waals surface area contributed by atoms with E-state index in [0.29, 0.717) is 19.3 Å². The summed E-state index contributed by atoms with van der Waals surface area (Å²) < 4.78 is 4.91. The first-order chi connectivity index (χ1) is 12.1. The Morgan fingerprint density at radius 2 is 2.08 bits per heavy atom. The van der Waals surface area contributed by atoms with Gasteiger partial charge in [0.15, 0.2) is 5.75 Å². The number of nitrogens with one attached hydrogen (secondary N) is 2. The summed E-state index contributed by atoms with van der Waals surface area (Å²) in [5, 5.41) is 12.6. The van der Waals surface area contributed by atoms with E-state index in [2.05, 4.69) is 10.3 Å². The van der Waals surface area contributed by atoms with Gasteiger partial charge in [0.25, 0.3) is 5.91 Å². The summed E-state index contributed by atoms with van der Waals surface area (Å²) >= 11 is 0. The second kappa shape index (κ2) is 7.53. The van der Waals surface area contributed by atoms with Gasteiger partial charge in [0.1, 0.15) is 5.69 Å². The highest BCUT2D eigenvalue weighted by Crippen LogP contribution is 2.31. The van der Waals surface area contributed by atoms with E-state index in [1.807, 2.05) is 30.3 Å². The smallest absolute Gasteiger partial charge is 0.268 e. The Hall–Kier alpha value is -2.60. The van der Waals surface area contributed by atoms with Crippen LogP contribution in [0.5, 0.6) is 5.75 Å². The van der Waals surface area contributed by atoms with Gasteiger partial charge >= 0.3 is 0 Å². The number of carbonyl (C=O) groups is 1. The zero-order valence-corrected chi connectivity index (χ0v) is 14.1. The third-order valence-electron chi connectivity index (χ3n) is 4.68. The Morgan fingerprint density at radius 1 is 1.36 bits per heavy atom. The number of ether oxygens (including phenoxy) is 1. The third-order valence-corrected chi connectivity index (χ3v) is 4.68. The molecule has 1 fully saturated rings. The molecular weight excluding hydrogens is 320 g/mol. The third kappa shape index (κ3) is 4.09. The van der Waals surface area contributed by atoms with Gasteiger partial charge in [-0.15, -0.1) is 0 Å². The Morgan fingerprint density at radius 3 is 2.68 bits per heavy atom. The first kappa shape index (κ1) is 17.2. The van der Waals surface area contributed by atoms with Crippen LogP contribution in [0.25, 0.3) is 0 Å². The molecule has 3 rings (SSSR count). The maximum Gasteiger partial charge on any atom is 0.268 e. The molecule has 1 aromatic heterocycles. The zero-order valence-electron chi connectivity index (χ0n) is 14.1. The number of benzene rings is 1. The first-order valence-corrected chi connectivity index (χ1v) is 8.36. The molecule has 6 heteroatoms. The topological polar surface area (TPSA) is 91.4 Å². The van der Waals surface area contributed by atoms with Crippen LogP contribution in [0, 0.1) is 5.92 Å². The van der Waals surface area contributed by atoms with Crippen LogP contribution in [0.2, 0.25) is 0 Å². The molecule has 0 radical (unpaired) electrons. The lowest BCUT2D eigenvalue weighted by atomic mass is 9.75. The summed E-state index contributed by atoms with van der Waals surface area (Å²) in [5.41, 5.74) is 0.978. The number of aliphatic hydroxyl groups excluding tert-OH is 1. The van der Waals surface area contributed by atoms with Crippen LogP contribution in [0.3, 0.4) is 0 Å². The fraction of sp³-hybridized carbons (Fsp3) is 0.368. The summed E-state index contributed by atoms with van der Waals surface area (Å²) in [7, 11) is 1.40. The molecule has 1 aliphatic rings. The van der Waals surface area contributed by atoms with Gasteiger partial charge in [0, 0.05) is 18.3 Å². The molecule has 6 nitrogen and oxygen atoms in total. The summed E-state index contributed by atoms with van der Waals surface area (Å²) in [5.74, 6) is 0.0608. The molecule has 0 aliphatic heterocycles. The van der Waals surface area contributed by atoms with Gasteiger partial charge in [0.05, 0.1) is 13.2 Å². The lowest BCUT2D eigenvalue weighted by Crippen LogP contribution is -2.48. The zero-order chi connectivity index (χ0) is 17.8.